The molecule has 0 saturated carbocycles. The Balaban J connectivity index is 3.29. The maximum atomic E-state index is 12.8. The van der Waals surface area contributed by atoms with Gasteiger partial charge in [0.15, 0.2) is 8.32 Å². The molecule has 1 aromatic carbocycles. The van der Waals surface area contributed by atoms with E-state index < -0.39 is 19.3 Å². The van der Waals surface area contributed by atoms with Crippen LogP contribution >= 0.6 is 0 Å². The molecule has 0 fully saturated rings. The highest BCUT2D eigenvalue weighted by molar-refractivity contribution is 7.84. The molecular weight excluding hydrogens is 358 g/mol. The Labute approximate surface area is 164 Å². The molecule has 1 rings (SSSR count). The van der Waals surface area contributed by atoms with Crippen LogP contribution in [0.25, 0.3) is 0 Å². The summed E-state index contributed by atoms with van der Waals surface area (Å²) in [6.45, 7) is 20.9. The molecule has 0 radical (unpaired) electrons. The van der Waals surface area contributed by atoms with Gasteiger partial charge in [-0.3, -0.25) is 0 Å². The van der Waals surface area contributed by atoms with Gasteiger partial charge in [0.2, 0.25) is 0 Å². The first-order valence-corrected chi connectivity index (χ1v) is 13.6. The summed E-state index contributed by atoms with van der Waals surface area (Å²) in [7, 11) is -3.08. The van der Waals surface area contributed by atoms with E-state index in [1.54, 1.807) is 0 Å². The summed E-state index contributed by atoms with van der Waals surface area (Å²) in [5.41, 5.74) is 2.83. The molecule has 0 heterocycles. The zero-order chi connectivity index (χ0) is 20.1. The van der Waals surface area contributed by atoms with E-state index in [-0.39, 0.29) is 16.9 Å². The Bertz CT molecular complexity index is 623. The van der Waals surface area contributed by atoms with E-state index >= 15 is 0 Å². The van der Waals surface area contributed by atoms with E-state index in [4.69, 9.17) is 4.43 Å². The van der Waals surface area contributed by atoms with Crippen LogP contribution in [-0.4, -0.2) is 23.3 Å². The topological polar surface area (TPSA) is 38.3 Å². The van der Waals surface area contributed by atoms with Crippen LogP contribution in [0, 0.1) is 6.92 Å². The van der Waals surface area contributed by atoms with Crippen molar-refractivity contribution in [3.8, 4) is 0 Å². The van der Waals surface area contributed by atoms with Crippen molar-refractivity contribution in [3.05, 3.63) is 48.0 Å². The minimum Gasteiger partial charge on any atom is -0.409 e. The lowest BCUT2D eigenvalue weighted by molar-refractivity contribution is 0.154. The van der Waals surface area contributed by atoms with E-state index in [1.165, 1.54) is 5.56 Å². The molecular formula is C21H37NO2SSi. The second-order valence-corrected chi connectivity index (χ2v) is 15.4. The molecule has 0 aliphatic rings. The summed E-state index contributed by atoms with van der Waals surface area (Å²) in [4.78, 5) is 0. The van der Waals surface area contributed by atoms with Gasteiger partial charge < -0.3 is 4.43 Å². The number of benzene rings is 1. The molecule has 0 aliphatic carbocycles. The van der Waals surface area contributed by atoms with Gasteiger partial charge in [-0.2, -0.15) is 0 Å². The van der Waals surface area contributed by atoms with Gasteiger partial charge in [-0.25, -0.2) is 8.93 Å². The predicted octanol–water partition coefficient (Wildman–Crippen LogP) is 5.66. The van der Waals surface area contributed by atoms with Crippen molar-refractivity contribution in [2.24, 2.45) is 0 Å². The van der Waals surface area contributed by atoms with E-state index in [2.05, 4.69) is 69.4 Å². The van der Waals surface area contributed by atoms with Crippen molar-refractivity contribution in [1.29, 1.82) is 0 Å². The van der Waals surface area contributed by atoms with Gasteiger partial charge in [0.1, 0.15) is 0 Å². The Hall–Kier alpha value is -0.753. The molecule has 26 heavy (non-hydrogen) atoms. The van der Waals surface area contributed by atoms with Crippen molar-refractivity contribution >= 4 is 19.3 Å². The monoisotopic (exact) mass is 395 g/mol. The van der Waals surface area contributed by atoms with Crippen LogP contribution in [-0.2, 0) is 15.4 Å². The lowest BCUT2D eigenvalue weighted by Gasteiger charge is -2.37. The number of hydrogen-bond acceptors (Lipinski definition) is 2. The minimum absolute atomic E-state index is 0.0834. The SMILES string of the molecule is C=CCC(NS(=O)C(C)(C)C)C(O[Si](C)(C)C(C)C)c1cccc(C)c1. The van der Waals surface area contributed by atoms with Crippen molar-refractivity contribution in [2.45, 2.75) is 83.5 Å². The van der Waals surface area contributed by atoms with Crippen molar-refractivity contribution < 1.29 is 8.63 Å². The van der Waals surface area contributed by atoms with Crippen LogP contribution in [0.2, 0.25) is 18.6 Å². The Kier molecular flexibility index (Phi) is 8.46. The molecule has 0 aliphatic heterocycles. The highest BCUT2D eigenvalue weighted by Gasteiger charge is 2.36. The zero-order valence-electron chi connectivity index (χ0n) is 17.8. The first kappa shape index (κ1) is 23.3. The fourth-order valence-electron chi connectivity index (χ4n) is 2.42. The molecule has 3 nitrogen and oxygen atoms in total. The number of nitrogens with one attached hydrogen (secondary N) is 1. The maximum Gasteiger partial charge on any atom is 0.190 e. The van der Waals surface area contributed by atoms with E-state index in [0.29, 0.717) is 12.0 Å². The first-order valence-electron chi connectivity index (χ1n) is 9.41. The second kappa shape index (κ2) is 9.45. The van der Waals surface area contributed by atoms with E-state index in [0.717, 1.165) is 5.56 Å². The Morgan fingerprint density at radius 2 is 1.92 bits per heavy atom. The standard InChI is InChI=1S/C21H37NO2SSi/c1-10-12-19(22-25(23)21(5,6)7)20(24-26(8,9)16(2)3)18-14-11-13-17(4)15-18/h10-11,13-16,19-20,22H,1,12H2,2-9H3. The third kappa shape index (κ3) is 6.76. The molecule has 0 amide bonds. The van der Waals surface area contributed by atoms with Gasteiger partial charge in [0.05, 0.1) is 27.9 Å². The molecule has 3 atom stereocenters. The number of rotatable bonds is 9. The van der Waals surface area contributed by atoms with Crippen LogP contribution in [0.4, 0.5) is 0 Å². The molecule has 148 valence electrons. The van der Waals surface area contributed by atoms with Crippen molar-refractivity contribution in [3.63, 3.8) is 0 Å². The summed E-state index contributed by atoms with van der Waals surface area (Å²) in [6, 6.07) is 8.36. The van der Waals surface area contributed by atoms with Crippen LogP contribution < -0.4 is 4.72 Å². The number of aryl methyl sites for hydroxylation is 1. The molecule has 0 aromatic heterocycles. The second-order valence-electron chi connectivity index (χ2n) is 8.84. The first-order chi connectivity index (χ1) is 11.9. The fourth-order valence-corrected chi connectivity index (χ4v) is 4.50. The molecule has 1 N–H and O–H groups in total. The number of hydrogen-bond donors (Lipinski definition) is 1. The van der Waals surface area contributed by atoms with Crippen molar-refractivity contribution in [2.75, 3.05) is 0 Å². The normalized spacial score (nSPS) is 16.3. The molecule has 0 saturated heterocycles. The van der Waals surface area contributed by atoms with Gasteiger partial charge in [-0.15, -0.1) is 6.58 Å². The van der Waals surface area contributed by atoms with E-state index in [1.807, 2.05) is 26.8 Å². The summed E-state index contributed by atoms with van der Waals surface area (Å²) >= 11 is 0. The average Bonchev–Trinajstić information content (AvgIpc) is 2.51. The third-order valence-corrected chi connectivity index (χ3v) is 10.1. The fraction of sp³-hybridized carbons (Fsp3) is 0.619. The van der Waals surface area contributed by atoms with Gasteiger partial charge >= 0.3 is 0 Å². The minimum atomic E-state index is -1.91. The van der Waals surface area contributed by atoms with Crippen LogP contribution in [0.1, 0.15) is 58.3 Å². The lowest BCUT2D eigenvalue weighted by atomic mass is 9.99. The van der Waals surface area contributed by atoms with Crippen LogP contribution in [0.3, 0.4) is 0 Å². The summed E-state index contributed by atoms with van der Waals surface area (Å²) < 4.78 is 22.5. The van der Waals surface area contributed by atoms with Crippen molar-refractivity contribution in [1.82, 2.24) is 4.72 Å². The van der Waals surface area contributed by atoms with Gasteiger partial charge in [0.25, 0.3) is 0 Å². The summed E-state index contributed by atoms with van der Waals surface area (Å²) in [6.07, 6.45) is 2.43. The molecule has 0 spiro atoms. The smallest absolute Gasteiger partial charge is 0.190 e. The Morgan fingerprint density at radius 3 is 2.38 bits per heavy atom. The summed E-state index contributed by atoms with van der Waals surface area (Å²) in [5.74, 6) is 0. The van der Waals surface area contributed by atoms with Gasteiger partial charge in [-0.1, -0.05) is 49.8 Å². The van der Waals surface area contributed by atoms with Gasteiger partial charge in [-0.05, 0) is 58.3 Å². The average molecular weight is 396 g/mol. The third-order valence-electron chi connectivity index (χ3n) is 4.79. The zero-order valence-corrected chi connectivity index (χ0v) is 19.6. The molecule has 5 heteroatoms. The lowest BCUT2D eigenvalue weighted by Crippen LogP contribution is -2.46. The Morgan fingerprint density at radius 1 is 1.31 bits per heavy atom. The highest BCUT2D eigenvalue weighted by atomic mass is 32.2. The quantitative estimate of drug-likeness (QED) is 0.432. The maximum absolute atomic E-state index is 12.8. The molecule has 3 unspecified atom stereocenters. The van der Waals surface area contributed by atoms with Crippen LogP contribution in [0.15, 0.2) is 36.9 Å². The van der Waals surface area contributed by atoms with Gasteiger partial charge in [0, 0.05) is 0 Å². The largest absolute Gasteiger partial charge is 0.409 e. The highest BCUT2D eigenvalue weighted by Crippen LogP contribution is 2.33. The van der Waals surface area contributed by atoms with Crippen LogP contribution in [0.5, 0.6) is 0 Å². The molecule has 0 bridgehead atoms. The summed E-state index contributed by atoms with van der Waals surface area (Å²) in [5, 5.41) is 0. The van der Waals surface area contributed by atoms with E-state index in [9.17, 15) is 4.21 Å². The predicted molar refractivity (Wildman–Crippen MR) is 117 cm³/mol. The molecule has 1 aromatic rings.